The number of carbonyl (C=O) groups is 2. The van der Waals surface area contributed by atoms with E-state index in [4.69, 9.17) is 4.74 Å². The van der Waals surface area contributed by atoms with Crippen molar-refractivity contribution < 1.29 is 22.7 Å². The van der Waals surface area contributed by atoms with Gasteiger partial charge in [-0.1, -0.05) is 31.4 Å². The molecule has 0 heterocycles. The molecule has 1 fully saturated rings. The molecule has 172 valence electrons. The highest BCUT2D eigenvalue weighted by Crippen LogP contribution is 2.20. The van der Waals surface area contributed by atoms with Crippen LogP contribution in [0.5, 0.6) is 5.75 Å². The first kappa shape index (κ1) is 23.7. The Kier molecular flexibility index (Phi) is 8.24. The lowest BCUT2D eigenvalue weighted by atomic mass is 9.96. The summed E-state index contributed by atoms with van der Waals surface area (Å²) in [6, 6.07) is 13.2. The third kappa shape index (κ3) is 6.80. The average molecular weight is 460 g/mol. The summed E-state index contributed by atoms with van der Waals surface area (Å²) in [7, 11) is -1.99. The fourth-order valence-corrected chi connectivity index (χ4v) is 4.91. The third-order valence-electron chi connectivity index (χ3n) is 5.41. The Hall–Kier alpha value is -2.91. The SMILES string of the molecule is COc1ccc(NC(=O)C(=O)NCCc2ccc(S(=O)(=O)NC3CCCCC3)cc2)cc1. The molecule has 1 aliphatic carbocycles. The van der Waals surface area contributed by atoms with E-state index in [-0.39, 0.29) is 17.5 Å². The van der Waals surface area contributed by atoms with Gasteiger partial charge in [-0.3, -0.25) is 9.59 Å². The van der Waals surface area contributed by atoms with Crippen molar-refractivity contribution in [3.63, 3.8) is 0 Å². The lowest BCUT2D eigenvalue weighted by Crippen LogP contribution is -2.36. The molecule has 0 spiro atoms. The van der Waals surface area contributed by atoms with Gasteiger partial charge in [-0.05, 0) is 61.2 Å². The predicted octanol–water partition coefficient (Wildman–Crippen LogP) is 2.60. The highest BCUT2D eigenvalue weighted by atomic mass is 32.2. The molecule has 0 aliphatic heterocycles. The normalized spacial score (nSPS) is 14.5. The maximum atomic E-state index is 12.6. The molecule has 3 rings (SSSR count). The summed E-state index contributed by atoms with van der Waals surface area (Å²) in [6.07, 6.45) is 5.49. The molecule has 32 heavy (non-hydrogen) atoms. The molecule has 1 aliphatic rings. The second-order valence-electron chi connectivity index (χ2n) is 7.79. The van der Waals surface area contributed by atoms with Crippen molar-refractivity contribution in [2.24, 2.45) is 0 Å². The molecule has 0 unspecified atom stereocenters. The number of methoxy groups -OCH3 is 1. The van der Waals surface area contributed by atoms with Gasteiger partial charge in [0.2, 0.25) is 10.0 Å². The number of hydrogen-bond donors (Lipinski definition) is 3. The molecular formula is C23H29N3O5S. The van der Waals surface area contributed by atoms with Crippen LogP contribution in [0.15, 0.2) is 53.4 Å². The summed E-state index contributed by atoms with van der Waals surface area (Å²) < 4.78 is 33.0. The van der Waals surface area contributed by atoms with E-state index < -0.39 is 21.8 Å². The van der Waals surface area contributed by atoms with Crippen molar-refractivity contribution in [1.82, 2.24) is 10.0 Å². The van der Waals surface area contributed by atoms with Crippen LogP contribution in [0.25, 0.3) is 0 Å². The van der Waals surface area contributed by atoms with Gasteiger partial charge in [-0.2, -0.15) is 0 Å². The van der Waals surface area contributed by atoms with E-state index in [1.54, 1.807) is 55.6 Å². The summed E-state index contributed by atoms with van der Waals surface area (Å²) >= 11 is 0. The van der Waals surface area contributed by atoms with Gasteiger partial charge in [0.15, 0.2) is 0 Å². The predicted molar refractivity (Wildman–Crippen MR) is 122 cm³/mol. The number of benzene rings is 2. The number of ether oxygens (including phenoxy) is 1. The summed E-state index contributed by atoms with van der Waals surface area (Å²) in [5.41, 5.74) is 1.35. The van der Waals surface area contributed by atoms with Gasteiger partial charge in [0.05, 0.1) is 12.0 Å². The van der Waals surface area contributed by atoms with Crippen LogP contribution in [0.4, 0.5) is 5.69 Å². The molecule has 0 saturated heterocycles. The first-order chi connectivity index (χ1) is 15.4. The second-order valence-corrected chi connectivity index (χ2v) is 9.50. The van der Waals surface area contributed by atoms with Crippen LogP contribution in [-0.2, 0) is 26.0 Å². The van der Waals surface area contributed by atoms with Crippen molar-refractivity contribution in [3.8, 4) is 5.75 Å². The van der Waals surface area contributed by atoms with Gasteiger partial charge in [0.25, 0.3) is 0 Å². The summed E-state index contributed by atoms with van der Waals surface area (Å²) in [6.45, 7) is 0.251. The Labute approximate surface area is 188 Å². The van der Waals surface area contributed by atoms with Crippen molar-refractivity contribution in [1.29, 1.82) is 0 Å². The fourth-order valence-electron chi connectivity index (χ4n) is 3.61. The number of carbonyl (C=O) groups excluding carboxylic acids is 2. The van der Waals surface area contributed by atoms with Crippen molar-refractivity contribution in [2.45, 2.75) is 49.5 Å². The minimum Gasteiger partial charge on any atom is -0.497 e. The molecule has 1 saturated carbocycles. The van der Waals surface area contributed by atoms with Gasteiger partial charge >= 0.3 is 11.8 Å². The van der Waals surface area contributed by atoms with E-state index >= 15 is 0 Å². The van der Waals surface area contributed by atoms with Crippen molar-refractivity contribution in [2.75, 3.05) is 19.0 Å². The lowest BCUT2D eigenvalue weighted by Gasteiger charge is -2.22. The molecular weight excluding hydrogens is 430 g/mol. The molecule has 2 amide bonds. The van der Waals surface area contributed by atoms with Crippen LogP contribution in [0.1, 0.15) is 37.7 Å². The Bertz CT molecular complexity index is 1010. The van der Waals surface area contributed by atoms with E-state index in [2.05, 4.69) is 15.4 Å². The summed E-state index contributed by atoms with van der Waals surface area (Å²) in [4.78, 5) is 24.2. The topological polar surface area (TPSA) is 114 Å². The zero-order valence-corrected chi connectivity index (χ0v) is 18.9. The van der Waals surface area contributed by atoms with Crippen LogP contribution >= 0.6 is 0 Å². The third-order valence-corrected chi connectivity index (χ3v) is 6.95. The molecule has 0 radical (unpaired) electrons. The number of rotatable bonds is 8. The minimum absolute atomic E-state index is 0.00713. The smallest absolute Gasteiger partial charge is 0.313 e. The Balaban J connectivity index is 1.45. The van der Waals surface area contributed by atoms with Crippen LogP contribution in [0, 0.1) is 0 Å². The number of amides is 2. The quantitative estimate of drug-likeness (QED) is 0.525. The zero-order valence-electron chi connectivity index (χ0n) is 18.1. The zero-order chi connectivity index (χ0) is 23.0. The fraction of sp³-hybridized carbons (Fsp3) is 0.391. The van der Waals surface area contributed by atoms with Crippen LogP contribution in [0.3, 0.4) is 0 Å². The highest BCUT2D eigenvalue weighted by Gasteiger charge is 2.21. The molecule has 2 aromatic rings. The maximum Gasteiger partial charge on any atom is 0.313 e. The highest BCUT2D eigenvalue weighted by molar-refractivity contribution is 7.89. The van der Waals surface area contributed by atoms with Gasteiger partial charge < -0.3 is 15.4 Å². The Morgan fingerprint density at radius 1 is 0.938 bits per heavy atom. The van der Waals surface area contributed by atoms with E-state index in [9.17, 15) is 18.0 Å². The molecule has 9 heteroatoms. The molecule has 0 atom stereocenters. The maximum absolute atomic E-state index is 12.6. The lowest BCUT2D eigenvalue weighted by molar-refractivity contribution is -0.136. The number of sulfonamides is 1. The van der Waals surface area contributed by atoms with E-state index in [1.807, 2.05) is 0 Å². The van der Waals surface area contributed by atoms with Gasteiger partial charge in [-0.15, -0.1) is 0 Å². The Morgan fingerprint density at radius 2 is 1.59 bits per heavy atom. The molecule has 2 aromatic carbocycles. The van der Waals surface area contributed by atoms with Gasteiger partial charge in [0, 0.05) is 18.3 Å². The molecule has 0 aromatic heterocycles. The molecule has 8 nitrogen and oxygen atoms in total. The summed E-state index contributed by atoms with van der Waals surface area (Å²) in [5.74, 6) is -0.849. The van der Waals surface area contributed by atoms with Gasteiger partial charge in [0.1, 0.15) is 5.75 Å². The van der Waals surface area contributed by atoms with Gasteiger partial charge in [-0.25, -0.2) is 13.1 Å². The Morgan fingerprint density at radius 3 is 2.22 bits per heavy atom. The first-order valence-corrected chi connectivity index (χ1v) is 12.2. The van der Waals surface area contributed by atoms with E-state index in [0.717, 1.165) is 37.7 Å². The first-order valence-electron chi connectivity index (χ1n) is 10.7. The van der Waals surface area contributed by atoms with Crippen LogP contribution < -0.4 is 20.1 Å². The average Bonchev–Trinajstić information content (AvgIpc) is 2.80. The second kappa shape index (κ2) is 11.1. The largest absolute Gasteiger partial charge is 0.497 e. The van der Waals surface area contributed by atoms with E-state index in [1.165, 1.54) is 0 Å². The number of hydrogen-bond acceptors (Lipinski definition) is 5. The standard InChI is InChI=1S/C23H29N3O5S/c1-31-20-11-9-18(10-12-20)25-23(28)22(27)24-16-15-17-7-13-21(14-8-17)32(29,30)26-19-5-3-2-4-6-19/h7-14,19,26H,2-6,15-16H2,1H3,(H,24,27)(H,25,28). The van der Waals surface area contributed by atoms with Crippen LogP contribution in [-0.4, -0.2) is 39.9 Å². The monoisotopic (exact) mass is 459 g/mol. The van der Waals surface area contributed by atoms with Crippen LogP contribution in [0.2, 0.25) is 0 Å². The number of anilines is 1. The van der Waals surface area contributed by atoms with E-state index in [0.29, 0.717) is 17.9 Å². The molecule has 0 bridgehead atoms. The number of nitrogens with one attached hydrogen (secondary N) is 3. The van der Waals surface area contributed by atoms with Crippen molar-refractivity contribution >= 4 is 27.5 Å². The molecule has 3 N–H and O–H groups in total. The summed E-state index contributed by atoms with van der Waals surface area (Å²) in [5, 5.41) is 5.09. The van der Waals surface area contributed by atoms with Crippen molar-refractivity contribution in [3.05, 3.63) is 54.1 Å². The minimum atomic E-state index is -3.54.